The number of ether oxygens (including phenoxy) is 2. The van der Waals surface area contributed by atoms with Crippen molar-refractivity contribution in [2.24, 2.45) is 0 Å². The van der Waals surface area contributed by atoms with Crippen LogP contribution in [0.1, 0.15) is 29.7 Å². The van der Waals surface area contributed by atoms with Crippen molar-refractivity contribution in [1.82, 2.24) is 9.80 Å². The SMILES string of the molecule is CCOc1ccc(C(O)=C2C(=O)C(=O)N(CCN3CCOCC3)C2c2ccc(Cl)cc2)cc1C. The number of morpholine rings is 1. The number of carbonyl (C=O) groups excluding carboxylic acids is 2. The second-order valence-electron chi connectivity index (χ2n) is 8.41. The molecule has 0 aromatic heterocycles. The Balaban J connectivity index is 1.73. The number of rotatable bonds is 7. The van der Waals surface area contributed by atoms with E-state index in [1.807, 2.05) is 13.8 Å². The van der Waals surface area contributed by atoms with Gasteiger partial charge >= 0.3 is 0 Å². The molecule has 1 atom stereocenters. The van der Waals surface area contributed by atoms with Gasteiger partial charge in [0.1, 0.15) is 11.5 Å². The summed E-state index contributed by atoms with van der Waals surface area (Å²) in [6, 6.07) is 11.5. The Labute approximate surface area is 204 Å². The summed E-state index contributed by atoms with van der Waals surface area (Å²) in [5, 5.41) is 11.8. The zero-order valence-corrected chi connectivity index (χ0v) is 20.2. The molecule has 4 rings (SSSR count). The molecule has 0 spiro atoms. The first-order valence-electron chi connectivity index (χ1n) is 11.5. The summed E-state index contributed by atoms with van der Waals surface area (Å²) in [6.07, 6.45) is 0. The van der Waals surface area contributed by atoms with Gasteiger partial charge in [-0.1, -0.05) is 23.7 Å². The molecule has 34 heavy (non-hydrogen) atoms. The third kappa shape index (κ3) is 4.97. The summed E-state index contributed by atoms with van der Waals surface area (Å²) in [7, 11) is 0. The summed E-state index contributed by atoms with van der Waals surface area (Å²) < 4.78 is 11.0. The zero-order valence-electron chi connectivity index (χ0n) is 19.4. The van der Waals surface area contributed by atoms with Gasteiger partial charge in [-0.2, -0.15) is 0 Å². The molecule has 0 saturated carbocycles. The van der Waals surface area contributed by atoms with E-state index in [0.717, 1.165) is 24.2 Å². The average molecular weight is 485 g/mol. The predicted octanol–water partition coefficient (Wildman–Crippen LogP) is 3.80. The smallest absolute Gasteiger partial charge is 0.295 e. The van der Waals surface area contributed by atoms with Crippen LogP contribution in [0.3, 0.4) is 0 Å². The van der Waals surface area contributed by atoms with Crippen molar-refractivity contribution >= 4 is 29.1 Å². The van der Waals surface area contributed by atoms with E-state index in [-0.39, 0.29) is 11.3 Å². The number of aryl methyl sites for hydroxylation is 1. The maximum atomic E-state index is 13.2. The Morgan fingerprint density at radius 2 is 1.82 bits per heavy atom. The third-order valence-electron chi connectivity index (χ3n) is 6.23. The van der Waals surface area contributed by atoms with E-state index in [0.29, 0.717) is 49.2 Å². The van der Waals surface area contributed by atoms with Gasteiger partial charge in [0.05, 0.1) is 31.4 Å². The van der Waals surface area contributed by atoms with Crippen LogP contribution < -0.4 is 4.74 Å². The molecule has 2 aliphatic rings. The quantitative estimate of drug-likeness (QED) is 0.366. The summed E-state index contributed by atoms with van der Waals surface area (Å²) in [4.78, 5) is 30.1. The first kappa shape index (κ1) is 24.3. The number of aliphatic hydroxyl groups excluding tert-OH is 1. The minimum Gasteiger partial charge on any atom is -0.507 e. The third-order valence-corrected chi connectivity index (χ3v) is 6.49. The van der Waals surface area contributed by atoms with Crippen LogP contribution in [0.15, 0.2) is 48.0 Å². The van der Waals surface area contributed by atoms with Gasteiger partial charge in [0, 0.05) is 36.8 Å². The normalized spacial score (nSPS) is 20.7. The molecule has 1 N–H and O–H groups in total. The topological polar surface area (TPSA) is 79.3 Å². The average Bonchev–Trinajstić information content (AvgIpc) is 3.09. The first-order valence-corrected chi connectivity index (χ1v) is 11.9. The van der Waals surface area contributed by atoms with Crippen molar-refractivity contribution in [3.8, 4) is 5.75 Å². The van der Waals surface area contributed by atoms with E-state index in [4.69, 9.17) is 21.1 Å². The van der Waals surface area contributed by atoms with E-state index in [1.54, 1.807) is 47.4 Å². The van der Waals surface area contributed by atoms with E-state index in [9.17, 15) is 14.7 Å². The highest BCUT2D eigenvalue weighted by atomic mass is 35.5. The monoisotopic (exact) mass is 484 g/mol. The lowest BCUT2D eigenvalue weighted by molar-refractivity contribution is -0.140. The Morgan fingerprint density at radius 1 is 1.12 bits per heavy atom. The number of ketones is 1. The van der Waals surface area contributed by atoms with Crippen molar-refractivity contribution < 1.29 is 24.2 Å². The van der Waals surface area contributed by atoms with Crippen LogP contribution in [0, 0.1) is 6.92 Å². The zero-order chi connectivity index (χ0) is 24.2. The number of aliphatic hydroxyl groups is 1. The van der Waals surface area contributed by atoms with E-state index < -0.39 is 17.7 Å². The molecule has 2 aliphatic heterocycles. The van der Waals surface area contributed by atoms with E-state index in [1.165, 1.54) is 0 Å². The molecule has 0 bridgehead atoms. The van der Waals surface area contributed by atoms with Gasteiger partial charge in [-0.25, -0.2) is 0 Å². The molecule has 0 radical (unpaired) electrons. The number of halogens is 1. The van der Waals surface area contributed by atoms with Crippen molar-refractivity contribution in [3.05, 3.63) is 69.8 Å². The van der Waals surface area contributed by atoms with Gasteiger partial charge in [0.25, 0.3) is 11.7 Å². The fourth-order valence-electron chi connectivity index (χ4n) is 4.45. The Kier molecular flexibility index (Phi) is 7.56. The van der Waals surface area contributed by atoms with Crippen LogP contribution in [-0.4, -0.2) is 72.6 Å². The molecule has 2 saturated heterocycles. The summed E-state index contributed by atoms with van der Waals surface area (Å²) in [5.74, 6) is -0.791. The minimum atomic E-state index is -0.704. The summed E-state index contributed by atoms with van der Waals surface area (Å²) in [5.41, 5.74) is 2.09. The number of benzene rings is 2. The minimum absolute atomic E-state index is 0.0814. The maximum Gasteiger partial charge on any atom is 0.295 e. The van der Waals surface area contributed by atoms with Gasteiger partial charge in [0.2, 0.25) is 0 Å². The lowest BCUT2D eigenvalue weighted by Gasteiger charge is -2.31. The van der Waals surface area contributed by atoms with Gasteiger partial charge < -0.3 is 19.5 Å². The molecule has 7 nitrogen and oxygen atoms in total. The molecule has 2 heterocycles. The Morgan fingerprint density at radius 3 is 2.47 bits per heavy atom. The molecular formula is C26H29ClN2O5. The van der Waals surface area contributed by atoms with Crippen molar-refractivity contribution in [2.75, 3.05) is 46.0 Å². The van der Waals surface area contributed by atoms with Gasteiger partial charge in [-0.3, -0.25) is 14.5 Å². The van der Waals surface area contributed by atoms with Crippen LogP contribution in [0.2, 0.25) is 5.02 Å². The van der Waals surface area contributed by atoms with Crippen molar-refractivity contribution in [2.45, 2.75) is 19.9 Å². The summed E-state index contributed by atoms with van der Waals surface area (Å²) >= 11 is 6.09. The fourth-order valence-corrected chi connectivity index (χ4v) is 4.57. The lowest BCUT2D eigenvalue weighted by Crippen LogP contribution is -2.42. The number of carbonyl (C=O) groups is 2. The first-order chi connectivity index (χ1) is 16.4. The molecule has 2 aromatic carbocycles. The van der Waals surface area contributed by atoms with Crippen molar-refractivity contribution in [1.29, 1.82) is 0 Å². The number of hydrogen-bond donors (Lipinski definition) is 1. The second-order valence-corrected chi connectivity index (χ2v) is 8.85. The molecule has 0 aliphatic carbocycles. The number of likely N-dealkylation sites (tertiary alicyclic amines) is 1. The van der Waals surface area contributed by atoms with Crippen molar-refractivity contribution in [3.63, 3.8) is 0 Å². The van der Waals surface area contributed by atoms with Crippen LogP contribution >= 0.6 is 11.6 Å². The van der Waals surface area contributed by atoms with Crippen LogP contribution in [-0.2, 0) is 14.3 Å². The molecule has 1 unspecified atom stereocenters. The standard InChI is InChI=1S/C26H29ClN2O5/c1-3-34-21-9-6-19(16-17(21)2)24(30)22-23(18-4-7-20(27)8-5-18)29(26(32)25(22)31)11-10-28-12-14-33-15-13-28/h4-9,16,23,30H,3,10-15H2,1-2H3. The van der Waals surface area contributed by atoms with Crippen LogP contribution in [0.5, 0.6) is 5.75 Å². The molecule has 8 heteroatoms. The van der Waals surface area contributed by atoms with Crippen LogP contribution in [0.4, 0.5) is 0 Å². The molecule has 2 aromatic rings. The number of Topliss-reactive ketones (excluding diaryl/α,β-unsaturated/α-hetero) is 1. The number of amides is 1. The van der Waals surface area contributed by atoms with Gasteiger partial charge in [0.15, 0.2) is 0 Å². The van der Waals surface area contributed by atoms with E-state index in [2.05, 4.69) is 4.90 Å². The van der Waals surface area contributed by atoms with Crippen LogP contribution in [0.25, 0.3) is 5.76 Å². The molecule has 180 valence electrons. The maximum absolute atomic E-state index is 13.2. The predicted molar refractivity (Wildman–Crippen MR) is 130 cm³/mol. The second kappa shape index (κ2) is 10.6. The molecular weight excluding hydrogens is 456 g/mol. The molecule has 2 fully saturated rings. The van der Waals surface area contributed by atoms with Gasteiger partial charge in [-0.15, -0.1) is 0 Å². The lowest BCUT2D eigenvalue weighted by atomic mass is 9.95. The molecule has 1 amide bonds. The highest BCUT2D eigenvalue weighted by Crippen LogP contribution is 2.40. The van der Waals surface area contributed by atoms with E-state index >= 15 is 0 Å². The Hall–Kier alpha value is -2.87. The highest BCUT2D eigenvalue weighted by molar-refractivity contribution is 6.46. The number of nitrogens with zero attached hydrogens (tertiary/aromatic N) is 2. The summed E-state index contributed by atoms with van der Waals surface area (Å²) in [6.45, 7) is 8.13. The fraction of sp³-hybridized carbons (Fsp3) is 0.385. The largest absolute Gasteiger partial charge is 0.507 e. The Bertz CT molecular complexity index is 1090. The highest BCUT2D eigenvalue weighted by Gasteiger charge is 2.46. The van der Waals surface area contributed by atoms with Gasteiger partial charge in [-0.05, 0) is 55.3 Å². The number of hydrogen-bond acceptors (Lipinski definition) is 6.